The third kappa shape index (κ3) is 3.58. The molecule has 6 heteroatoms. The third-order valence-corrected chi connectivity index (χ3v) is 3.61. The lowest BCUT2D eigenvalue weighted by Gasteiger charge is -2.18. The molecule has 1 fully saturated rings. The second kappa shape index (κ2) is 6.22. The van der Waals surface area contributed by atoms with Gasteiger partial charge in [0.25, 0.3) is 0 Å². The van der Waals surface area contributed by atoms with Gasteiger partial charge in [-0.15, -0.1) is 0 Å². The first-order valence-corrected chi connectivity index (χ1v) is 6.71. The Kier molecular flexibility index (Phi) is 4.57. The van der Waals surface area contributed by atoms with Crippen LogP contribution in [-0.2, 0) is 27.4 Å². The number of aliphatic carboxylic acids is 1. The van der Waals surface area contributed by atoms with Crippen molar-refractivity contribution in [3.05, 3.63) is 35.4 Å². The van der Waals surface area contributed by atoms with E-state index in [1.807, 2.05) is 24.3 Å². The average molecular weight is 295 g/mol. The van der Waals surface area contributed by atoms with Gasteiger partial charge in [0.2, 0.25) is 11.6 Å². The van der Waals surface area contributed by atoms with Crippen LogP contribution in [0.2, 0.25) is 0 Å². The summed E-state index contributed by atoms with van der Waals surface area (Å²) < 4.78 is 19.0. The molecule has 21 heavy (non-hydrogen) atoms. The van der Waals surface area contributed by atoms with Crippen LogP contribution in [0.3, 0.4) is 0 Å². The molecule has 0 aliphatic carbocycles. The van der Waals surface area contributed by atoms with Crippen LogP contribution in [-0.4, -0.2) is 47.8 Å². The molecule has 2 rings (SSSR count). The lowest BCUT2D eigenvalue weighted by Crippen LogP contribution is -2.39. The fraction of sp³-hybridized carbons (Fsp3) is 0.467. The first-order chi connectivity index (χ1) is 9.94. The van der Waals surface area contributed by atoms with Crippen molar-refractivity contribution in [1.82, 2.24) is 4.90 Å². The summed E-state index contributed by atoms with van der Waals surface area (Å²) in [5, 5.41) is 8.83. The minimum atomic E-state index is -2.31. The van der Waals surface area contributed by atoms with Gasteiger partial charge in [-0.3, -0.25) is 4.79 Å². The van der Waals surface area contributed by atoms with Gasteiger partial charge in [-0.1, -0.05) is 24.3 Å². The Morgan fingerprint density at radius 2 is 2.14 bits per heavy atom. The molecule has 1 aromatic carbocycles. The van der Waals surface area contributed by atoms with Crippen molar-refractivity contribution < 1.29 is 23.8 Å². The van der Waals surface area contributed by atoms with Crippen LogP contribution in [0.5, 0.6) is 0 Å². The number of amides is 1. The van der Waals surface area contributed by atoms with Crippen LogP contribution in [0, 0.1) is 0 Å². The van der Waals surface area contributed by atoms with E-state index < -0.39 is 11.6 Å². The maximum atomic E-state index is 13.9. The molecule has 1 heterocycles. The van der Waals surface area contributed by atoms with E-state index in [1.165, 1.54) is 4.90 Å². The smallest absolute Gasteiger partial charge is 0.343 e. The summed E-state index contributed by atoms with van der Waals surface area (Å²) in [4.78, 5) is 24.2. The predicted octanol–water partition coefficient (Wildman–Crippen LogP) is 1.40. The summed E-state index contributed by atoms with van der Waals surface area (Å²) in [6.07, 6.45) is -0.0228. The number of carbonyl (C=O) groups is 2. The second-order valence-corrected chi connectivity index (χ2v) is 5.27. The van der Waals surface area contributed by atoms with Crippen molar-refractivity contribution in [3.8, 4) is 0 Å². The minimum Gasteiger partial charge on any atom is -0.479 e. The number of alkyl halides is 1. The third-order valence-electron chi connectivity index (χ3n) is 3.61. The van der Waals surface area contributed by atoms with E-state index in [2.05, 4.69) is 0 Å². The molecule has 5 nitrogen and oxygen atoms in total. The van der Waals surface area contributed by atoms with Crippen molar-refractivity contribution in [2.24, 2.45) is 0 Å². The molecular formula is C15H18FNO4. The molecule has 1 aromatic rings. The standard InChI is InChI=1S/C15H18FNO4/c1-21-9-12-4-2-3-11(7-12)8-13(18)17-6-5-15(16,10-17)14(19)20/h2-4,7H,5-6,8-10H2,1H3,(H,19,20). The SMILES string of the molecule is COCc1cccc(CC(=O)N2CCC(F)(C(=O)O)C2)c1. The molecule has 1 unspecified atom stereocenters. The van der Waals surface area contributed by atoms with Gasteiger partial charge in [0, 0.05) is 20.1 Å². The van der Waals surface area contributed by atoms with Gasteiger partial charge < -0.3 is 14.7 Å². The number of benzene rings is 1. The summed E-state index contributed by atoms with van der Waals surface area (Å²) >= 11 is 0. The van der Waals surface area contributed by atoms with Crippen molar-refractivity contribution in [1.29, 1.82) is 0 Å². The van der Waals surface area contributed by atoms with E-state index in [9.17, 15) is 14.0 Å². The van der Waals surface area contributed by atoms with Gasteiger partial charge in [-0.05, 0) is 11.1 Å². The van der Waals surface area contributed by atoms with Crippen molar-refractivity contribution in [2.75, 3.05) is 20.2 Å². The van der Waals surface area contributed by atoms with E-state index in [1.54, 1.807) is 7.11 Å². The van der Waals surface area contributed by atoms with Crippen LogP contribution in [0.25, 0.3) is 0 Å². The van der Waals surface area contributed by atoms with E-state index in [-0.39, 0.29) is 31.8 Å². The molecular weight excluding hydrogens is 277 g/mol. The van der Waals surface area contributed by atoms with Crippen molar-refractivity contribution in [2.45, 2.75) is 25.1 Å². The topological polar surface area (TPSA) is 66.8 Å². The molecule has 1 N–H and O–H groups in total. The highest BCUT2D eigenvalue weighted by Crippen LogP contribution is 2.26. The largest absolute Gasteiger partial charge is 0.479 e. The molecule has 1 amide bonds. The van der Waals surface area contributed by atoms with Gasteiger partial charge in [0.15, 0.2) is 0 Å². The minimum absolute atomic E-state index is 0.132. The molecule has 114 valence electrons. The van der Waals surface area contributed by atoms with Crippen LogP contribution in [0.1, 0.15) is 17.5 Å². The van der Waals surface area contributed by atoms with Gasteiger partial charge in [-0.2, -0.15) is 0 Å². The van der Waals surface area contributed by atoms with Crippen molar-refractivity contribution >= 4 is 11.9 Å². The number of rotatable bonds is 5. The molecule has 0 saturated carbocycles. The van der Waals surface area contributed by atoms with E-state index in [0.717, 1.165) is 11.1 Å². The molecule has 0 spiro atoms. The number of methoxy groups -OCH3 is 1. The summed E-state index contributed by atoms with van der Waals surface area (Å²) in [7, 11) is 1.59. The normalized spacial score (nSPS) is 21.5. The molecule has 0 aromatic heterocycles. The number of hydrogen-bond acceptors (Lipinski definition) is 3. The number of halogens is 1. The highest BCUT2D eigenvalue weighted by molar-refractivity contribution is 5.83. The number of carboxylic acid groups (broad SMARTS) is 1. The number of likely N-dealkylation sites (tertiary alicyclic amines) is 1. The zero-order valence-electron chi connectivity index (χ0n) is 11.8. The first kappa shape index (κ1) is 15.4. The average Bonchev–Trinajstić information content (AvgIpc) is 2.84. The Labute approximate surface area is 122 Å². The van der Waals surface area contributed by atoms with Crippen LogP contribution < -0.4 is 0 Å². The number of carbonyl (C=O) groups excluding carboxylic acids is 1. The molecule has 1 saturated heterocycles. The molecule has 1 aliphatic heterocycles. The Hall–Kier alpha value is -1.95. The molecule has 1 aliphatic rings. The van der Waals surface area contributed by atoms with Crippen LogP contribution >= 0.6 is 0 Å². The Balaban J connectivity index is 1.99. The lowest BCUT2D eigenvalue weighted by molar-refractivity contribution is -0.150. The zero-order chi connectivity index (χ0) is 15.5. The summed E-state index contributed by atoms with van der Waals surface area (Å²) in [5.41, 5.74) is -0.552. The zero-order valence-corrected chi connectivity index (χ0v) is 11.8. The second-order valence-electron chi connectivity index (χ2n) is 5.27. The van der Waals surface area contributed by atoms with E-state index in [4.69, 9.17) is 9.84 Å². The highest BCUT2D eigenvalue weighted by Gasteiger charge is 2.46. The van der Waals surface area contributed by atoms with Gasteiger partial charge in [-0.25, -0.2) is 9.18 Å². The lowest BCUT2D eigenvalue weighted by atomic mass is 10.1. The van der Waals surface area contributed by atoms with Crippen molar-refractivity contribution in [3.63, 3.8) is 0 Å². The number of carboxylic acids is 1. The van der Waals surface area contributed by atoms with E-state index in [0.29, 0.717) is 6.61 Å². The first-order valence-electron chi connectivity index (χ1n) is 6.71. The number of hydrogen-bond donors (Lipinski definition) is 1. The van der Waals surface area contributed by atoms with Crippen LogP contribution in [0.4, 0.5) is 4.39 Å². The van der Waals surface area contributed by atoms with Crippen LogP contribution in [0.15, 0.2) is 24.3 Å². The molecule has 0 bridgehead atoms. The maximum Gasteiger partial charge on any atom is 0.343 e. The predicted molar refractivity (Wildman–Crippen MR) is 73.5 cm³/mol. The summed E-state index contributed by atoms with van der Waals surface area (Å²) in [5.74, 6) is -1.76. The fourth-order valence-electron chi connectivity index (χ4n) is 2.44. The Bertz CT molecular complexity index is 548. The van der Waals surface area contributed by atoms with Gasteiger partial charge >= 0.3 is 5.97 Å². The quantitative estimate of drug-likeness (QED) is 0.891. The Morgan fingerprint density at radius 3 is 2.76 bits per heavy atom. The summed E-state index contributed by atoms with van der Waals surface area (Å²) in [6, 6.07) is 7.40. The highest BCUT2D eigenvalue weighted by atomic mass is 19.1. The van der Waals surface area contributed by atoms with Gasteiger partial charge in [0.05, 0.1) is 19.6 Å². The Morgan fingerprint density at radius 1 is 1.43 bits per heavy atom. The van der Waals surface area contributed by atoms with E-state index >= 15 is 0 Å². The molecule has 1 atom stereocenters. The monoisotopic (exact) mass is 295 g/mol. The number of ether oxygens (including phenoxy) is 1. The maximum absolute atomic E-state index is 13.9. The number of nitrogens with zero attached hydrogens (tertiary/aromatic N) is 1. The molecule has 0 radical (unpaired) electrons. The fourth-order valence-corrected chi connectivity index (χ4v) is 2.44. The van der Waals surface area contributed by atoms with Gasteiger partial charge in [0.1, 0.15) is 0 Å². The summed E-state index contributed by atoms with van der Waals surface area (Å²) in [6.45, 7) is 0.219.